The smallest absolute Gasteiger partial charge is 0.223 e. The molecule has 33 heavy (non-hydrogen) atoms. The zero-order chi connectivity index (χ0) is 23.1. The number of benzene rings is 1. The second-order valence-electron chi connectivity index (χ2n) is 10.4. The Bertz CT molecular complexity index is 1110. The fourth-order valence-corrected chi connectivity index (χ4v) is 5.79. The van der Waals surface area contributed by atoms with E-state index >= 15 is 0 Å². The fourth-order valence-electron chi connectivity index (χ4n) is 5.79. The third kappa shape index (κ3) is 4.11. The Hall–Kier alpha value is -2.89. The number of hydrogen-bond acceptors (Lipinski definition) is 5. The molecule has 0 saturated heterocycles. The minimum atomic E-state index is 0.337. The zero-order valence-electron chi connectivity index (χ0n) is 20.3. The number of anilines is 1. The molecule has 1 aromatic carbocycles. The van der Waals surface area contributed by atoms with Crippen LogP contribution in [0.4, 0.5) is 5.95 Å². The molecule has 0 atom stereocenters. The first-order valence-electron chi connectivity index (χ1n) is 12.2. The van der Waals surface area contributed by atoms with Crippen LogP contribution in [0.5, 0.6) is 5.75 Å². The highest BCUT2D eigenvalue weighted by Gasteiger charge is 2.49. The van der Waals surface area contributed by atoms with E-state index in [-0.39, 0.29) is 0 Å². The molecule has 0 unspecified atom stereocenters. The van der Waals surface area contributed by atoms with Crippen molar-refractivity contribution < 1.29 is 4.74 Å². The molecule has 0 radical (unpaired) electrons. The van der Waals surface area contributed by atoms with Crippen molar-refractivity contribution in [3.05, 3.63) is 54.0 Å². The van der Waals surface area contributed by atoms with Crippen LogP contribution in [-0.4, -0.2) is 33.4 Å². The molecule has 3 saturated carbocycles. The van der Waals surface area contributed by atoms with E-state index in [4.69, 9.17) is 9.72 Å². The summed E-state index contributed by atoms with van der Waals surface area (Å²) in [5.74, 6) is 1.70. The van der Waals surface area contributed by atoms with Gasteiger partial charge in [-0.05, 0) is 93.4 Å². The predicted octanol–water partition coefficient (Wildman–Crippen LogP) is 5.94. The Morgan fingerprint density at radius 1 is 1.09 bits per heavy atom. The summed E-state index contributed by atoms with van der Waals surface area (Å²) in [6, 6.07) is 9.09. The van der Waals surface area contributed by atoms with Gasteiger partial charge in [-0.25, -0.2) is 9.97 Å². The van der Waals surface area contributed by atoms with Gasteiger partial charge in [-0.2, -0.15) is 5.10 Å². The largest absolute Gasteiger partial charge is 0.496 e. The first kappa shape index (κ1) is 21.9. The van der Waals surface area contributed by atoms with Gasteiger partial charge in [0.05, 0.1) is 19.0 Å². The highest BCUT2D eigenvalue weighted by Crippen LogP contribution is 2.57. The van der Waals surface area contributed by atoms with E-state index in [1.807, 2.05) is 23.1 Å². The summed E-state index contributed by atoms with van der Waals surface area (Å²) in [5.41, 5.74) is 5.38. The molecule has 174 valence electrons. The van der Waals surface area contributed by atoms with E-state index in [9.17, 15) is 0 Å². The molecule has 6 rings (SSSR count). The molecule has 0 aliphatic heterocycles. The molecule has 3 aromatic rings. The lowest BCUT2D eigenvalue weighted by Gasteiger charge is -2.54. The van der Waals surface area contributed by atoms with Gasteiger partial charge in [-0.15, -0.1) is 0 Å². The van der Waals surface area contributed by atoms with Gasteiger partial charge in [0.2, 0.25) is 5.95 Å². The van der Waals surface area contributed by atoms with E-state index in [0.29, 0.717) is 22.8 Å². The number of nitrogens with one attached hydrogen (secondary N) is 1. The number of fused-ring (bicyclic) bond motifs is 3. The van der Waals surface area contributed by atoms with Crippen LogP contribution in [0.3, 0.4) is 0 Å². The molecule has 3 fully saturated rings. The summed E-state index contributed by atoms with van der Waals surface area (Å²) >= 11 is 0. The molecular weight excluding hydrogens is 410 g/mol. The first-order chi connectivity index (χ1) is 15.9. The summed E-state index contributed by atoms with van der Waals surface area (Å²) in [4.78, 5) is 9.27. The molecular formula is C27H35N5O. The maximum absolute atomic E-state index is 5.48. The quantitative estimate of drug-likeness (QED) is 0.487. The van der Waals surface area contributed by atoms with Gasteiger partial charge in [0.1, 0.15) is 5.75 Å². The number of aromatic nitrogens is 4. The van der Waals surface area contributed by atoms with Crippen LogP contribution in [0.2, 0.25) is 0 Å². The molecule has 6 heteroatoms. The van der Waals surface area contributed by atoms with E-state index in [1.165, 1.54) is 49.7 Å². The van der Waals surface area contributed by atoms with Crippen LogP contribution in [0.15, 0.2) is 42.9 Å². The highest BCUT2D eigenvalue weighted by molar-refractivity contribution is 5.58. The second kappa shape index (κ2) is 8.47. The van der Waals surface area contributed by atoms with Crippen molar-refractivity contribution in [1.29, 1.82) is 0 Å². The van der Waals surface area contributed by atoms with E-state index in [1.54, 1.807) is 7.11 Å². The van der Waals surface area contributed by atoms with Crippen molar-refractivity contribution >= 4 is 5.95 Å². The maximum Gasteiger partial charge on any atom is 0.223 e. The standard InChI is InChI=1S/C27H35N5O/c1-19(2)32-17-21(16-30-32)23-7-14-28-25(31-23)29-18-26-8-11-27(12-9-26,13-10-26)22-5-6-24(33-4)20(3)15-22/h5-7,14-17,19H,8-13,18H2,1-4H3,(H,28,29,31). The van der Waals surface area contributed by atoms with Crippen LogP contribution >= 0.6 is 0 Å². The molecule has 1 N–H and O–H groups in total. The third-order valence-corrected chi connectivity index (χ3v) is 8.11. The van der Waals surface area contributed by atoms with Crippen molar-refractivity contribution in [2.75, 3.05) is 19.0 Å². The maximum atomic E-state index is 5.48. The van der Waals surface area contributed by atoms with Crippen molar-refractivity contribution in [1.82, 2.24) is 19.7 Å². The predicted molar refractivity (Wildman–Crippen MR) is 132 cm³/mol. The van der Waals surface area contributed by atoms with Gasteiger partial charge in [-0.3, -0.25) is 4.68 Å². The Morgan fingerprint density at radius 2 is 1.85 bits per heavy atom. The normalized spacial score (nSPS) is 24.3. The lowest BCUT2D eigenvalue weighted by molar-refractivity contribution is 0.0504. The molecule has 3 aliphatic carbocycles. The van der Waals surface area contributed by atoms with Crippen molar-refractivity contribution in [3.63, 3.8) is 0 Å². The average molecular weight is 446 g/mol. The van der Waals surface area contributed by atoms with Gasteiger partial charge in [0.15, 0.2) is 0 Å². The Kier molecular flexibility index (Phi) is 5.63. The lowest BCUT2D eigenvalue weighted by Crippen LogP contribution is -2.47. The van der Waals surface area contributed by atoms with Crippen LogP contribution in [-0.2, 0) is 5.41 Å². The number of ether oxygens (including phenoxy) is 1. The van der Waals surface area contributed by atoms with Crippen molar-refractivity contribution in [3.8, 4) is 17.0 Å². The summed E-state index contributed by atoms with van der Waals surface area (Å²) in [6.07, 6.45) is 13.3. The van der Waals surface area contributed by atoms with E-state index < -0.39 is 0 Å². The first-order valence-corrected chi connectivity index (χ1v) is 12.2. The number of methoxy groups -OCH3 is 1. The van der Waals surface area contributed by atoms with Crippen LogP contribution in [0.1, 0.15) is 69.5 Å². The summed E-state index contributed by atoms with van der Waals surface area (Å²) in [6.45, 7) is 7.35. The molecule has 2 aromatic heterocycles. The van der Waals surface area contributed by atoms with Gasteiger partial charge in [-0.1, -0.05) is 12.1 Å². The zero-order valence-corrected chi connectivity index (χ0v) is 20.3. The highest BCUT2D eigenvalue weighted by atomic mass is 16.5. The number of rotatable bonds is 7. The molecule has 3 aliphatic rings. The van der Waals surface area contributed by atoms with Gasteiger partial charge < -0.3 is 10.1 Å². The van der Waals surface area contributed by atoms with E-state index in [0.717, 1.165) is 23.6 Å². The van der Waals surface area contributed by atoms with Gasteiger partial charge in [0.25, 0.3) is 0 Å². The summed E-state index contributed by atoms with van der Waals surface area (Å²) in [5, 5.41) is 8.03. The monoisotopic (exact) mass is 445 g/mol. The van der Waals surface area contributed by atoms with E-state index in [2.05, 4.69) is 60.6 Å². The van der Waals surface area contributed by atoms with Gasteiger partial charge in [0, 0.05) is 30.5 Å². The van der Waals surface area contributed by atoms with Crippen LogP contribution in [0, 0.1) is 12.3 Å². The number of aryl methyl sites for hydroxylation is 1. The minimum absolute atomic E-state index is 0.337. The number of hydrogen-bond donors (Lipinski definition) is 1. The number of nitrogens with zero attached hydrogens (tertiary/aromatic N) is 4. The Labute approximate surface area is 196 Å². The second-order valence-corrected chi connectivity index (χ2v) is 10.4. The minimum Gasteiger partial charge on any atom is -0.496 e. The summed E-state index contributed by atoms with van der Waals surface area (Å²) < 4.78 is 7.44. The third-order valence-electron chi connectivity index (χ3n) is 8.11. The molecule has 2 bridgehead atoms. The molecule has 0 amide bonds. The van der Waals surface area contributed by atoms with Crippen molar-refractivity contribution in [2.45, 2.75) is 70.8 Å². The van der Waals surface area contributed by atoms with Crippen LogP contribution < -0.4 is 10.1 Å². The fraction of sp³-hybridized carbons (Fsp3) is 0.519. The molecule has 2 heterocycles. The van der Waals surface area contributed by atoms with Crippen molar-refractivity contribution in [2.24, 2.45) is 5.41 Å². The lowest BCUT2D eigenvalue weighted by atomic mass is 9.52. The van der Waals surface area contributed by atoms with Crippen LogP contribution in [0.25, 0.3) is 11.3 Å². The summed E-state index contributed by atoms with van der Waals surface area (Å²) in [7, 11) is 1.75. The average Bonchev–Trinajstić information content (AvgIpc) is 3.35. The molecule has 0 spiro atoms. The molecule has 6 nitrogen and oxygen atoms in total. The van der Waals surface area contributed by atoms with Gasteiger partial charge >= 0.3 is 0 Å². The topological polar surface area (TPSA) is 64.9 Å². The SMILES string of the molecule is COc1ccc(C23CCC(CNc4nccc(-c5cnn(C(C)C)c5)n4)(CC2)CC3)cc1C. The Morgan fingerprint density at radius 3 is 2.48 bits per heavy atom. The Balaban J connectivity index is 1.25.